The predicted molar refractivity (Wildman–Crippen MR) is 75.3 cm³/mol. The van der Waals surface area contributed by atoms with Crippen molar-refractivity contribution < 1.29 is 4.79 Å². The van der Waals surface area contributed by atoms with Gasteiger partial charge >= 0.3 is 0 Å². The molecule has 2 N–H and O–H groups in total. The summed E-state index contributed by atoms with van der Waals surface area (Å²) in [7, 11) is 1.99. The molecule has 1 aliphatic heterocycles. The van der Waals surface area contributed by atoms with E-state index < -0.39 is 0 Å². The van der Waals surface area contributed by atoms with E-state index >= 15 is 0 Å². The molecule has 0 radical (unpaired) electrons. The van der Waals surface area contributed by atoms with Crippen molar-refractivity contribution in [2.45, 2.75) is 12.6 Å². The van der Waals surface area contributed by atoms with E-state index in [0.29, 0.717) is 6.54 Å². The SMILES string of the molecule is CN1CCNCC1C(=O)NCc1cccc(Br)c1. The summed E-state index contributed by atoms with van der Waals surface area (Å²) in [6.45, 7) is 3.16. The lowest BCUT2D eigenvalue weighted by molar-refractivity contribution is -0.126. The summed E-state index contributed by atoms with van der Waals surface area (Å²) in [5.41, 5.74) is 1.10. The highest BCUT2D eigenvalue weighted by Crippen LogP contribution is 2.11. The molecule has 1 unspecified atom stereocenters. The van der Waals surface area contributed by atoms with Gasteiger partial charge in [-0.25, -0.2) is 0 Å². The van der Waals surface area contributed by atoms with Crippen LogP contribution >= 0.6 is 15.9 Å². The molecule has 18 heavy (non-hydrogen) atoms. The van der Waals surface area contributed by atoms with Crippen molar-refractivity contribution in [3.05, 3.63) is 34.3 Å². The van der Waals surface area contributed by atoms with E-state index in [9.17, 15) is 4.79 Å². The Balaban J connectivity index is 1.88. The van der Waals surface area contributed by atoms with E-state index in [1.54, 1.807) is 0 Å². The number of nitrogens with zero attached hydrogens (tertiary/aromatic N) is 1. The van der Waals surface area contributed by atoms with Crippen molar-refractivity contribution in [1.29, 1.82) is 0 Å². The largest absolute Gasteiger partial charge is 0.351 e. The third-order valence-corrected chi connectivity index (χ3v) is 3.66. The number of carbonyl (C=O) groups is 1. The Morgan fingerprint density at radius 3 is 3.17 bits per heavy atom. The van der Waals surface area contributed by atoms with Crippen LogP contribution in [0.1, 0.15) is 5.56 Å². The fourth-order valence-electron chi connectivity index (χ4n) is 2.05. The summed E-state index contributed by atoms with van der Waals surface area (Å²) < 4.78 is 1.03. The average molecular weight is 312 g/mol. The van der Waals surface area contributed by atoms with Crippen LogP contribution in [-0.2, 0) is 11.3 Å². The summed E-state index contributed by atoms with van der Waals surface area (Å²) in [6, 6.07) is 7.91. The van der Waals surface area contributed by atoms with Crippen LogP contribution < -0.4 is 10.6 Å². The number of hydrogen-bond donors (Lipinski definition) is 2. The monoisotopic (exact) mass is 311 g/mol. The van der Waals surface area contributed by atoms with Crippen molar-refractivity contribution in [2.24, 2.45) is 0 Å². The zero-order valence-electron chi connectivity index (χ0n) is 10.4. The first-order valence-corrected chi connectivity index (χ1v) is 6.89. The van der Waals surface area contributed by atoms with Crippen molar-refractivity contribution >= 4 is 21.8 Å². The fraction of sp³-hybridized carbons (Fsp3) is 0.462. The number of amides is 1. The van der Waals surface area contributed by atoms with Crippen LogP contribution in [-0.4, -0.2) is 43.5 Å². The Morgan fingerprint density at radius 2 is 2.44 bits per heavy atom. The number of nitrogens with one attached hydrogen (secondary N) is 2. The van der Waals surface area contributed by atoms with E-state index in [2.05, 4.69) is 31.5 Å². The standard InChI is InChI=1S/C13H18BrN3O/c1-17-6-5-15-9-12(17)13(18)16-8-10-3-2-4-11(14)7-10/h2-4,7,12,15H,5-6,8-9H2,1H3,(H,16,18). The minimum atomic E-state index is -0.0640. The first-order valence-electron chi connectivity index (χ1n) is 6.10. The Kier molecular flexibility index (Phi) is 4.74. The molecule has 0 aromatic heterocycles. The summed E-state index contributed by atoms with van der Waals surface area (Å²) in [5.74, 6) is 0.0877. The molecule has 0 aliphatic carbocycles. The van der Waals surface area contributed by atoms with Gasteiger partial charge in [-0.15, -0.1) is 0 Å². The average Bonchev–Trinajstić information content (AvgIpc) is 2.37. The van der Waals surface area contributed by atoms with E-state index in [1.807, 2.05) is 31.3 Å². The van der Waals surface area contributed by atoms with E-state index in [-0.39, 0.29) is 11.9 Å². The quantitative estimate of drug-likeness (QED) is 0.874. The molecule has 1 saturated heterocycles. The Bertz CT molecular complexity index is 424. The van der Waals surface area contributed by atoms with Gasteiger partial charge in [0.2, 0.25) is 5.91 Å². The molecule has 1 heterocycles. The number of halogens is 1. The van der Waals surface area contributed by atoms with Crippen LogP contribution in [0, 0.1) is 0 Å². The third-order valence-electron chi connectivity index (χ3n) is 3.17. The maximum absolute atomic E-state index is 12.1. The molecular formula is C13H18BrN3O. The van der Waals surface area contributed by atoms with Crippen molar-refractivity contribution in [1.82, 2.24) is 15.5 Å². The second-order valence-electron chi connectivity index (χ2n) is 4.55. The molecule has 4 nitrogen and oxygen atoms in total. The van der Waals surface area contributed by atoms with Crippen LogP contribution in [0.25, 0.3) is 0 Å². The fourth-order valence-corrected chi connectivity index (χ4v) is 2.50. The Morgan fingerprint density at radius 1 is 1.61 bits per heavy atom. The van der Waals surface area contributed by atoms with Gasteiger partial charge in [-0.05, 0) is 24.7 Å². The van der Waals surface area contributed by atoms with Gasteiger partial charge in [0.05, 0.1) is 0 Å². The van der Waals surface area contributed by atoms with Gasteiger partial charge in [0, 0.05) is 30.7 Å². The van der Waals surface area contributed by atoms with Crippen molar-refractivity contribution in [2.75, 3.05) is 26.7 Å². The van der Waals surface area contributed by atoms with Crippen LogP contribution in [0.4, 0.5) is 0 Å². The molecule has 98 valence electrons. The number of benzene rings is 1. The van der Waals surface area contributed by atoms with Crippen molar-refractivity contribution in [3.63, 3.8) is 0 Å². The second kappa shape index (κ2) is 6.31. The number of carbonyl (C=O) groups excluding carboxylic acids is 1. The Labute approximate surface area is 116 Å². The van der Waals surface area contributed by atoms with Gasteiger partial charge in [0.15, 0.2) is 0 Å². The van der Waals surface area contributed by atoms with Crippen LogP contribution in [0.3, 0.4) is 0 Å². The van der Waals surface area contributed by atoms with Crippen LogP contribution in [0.5, 0.6) is 0 Å². The maximum atomic E-state index is 12.1. The molecule has 1 amide bonds. The maximum Gasteiger partial charge on any atom is 0.238 e. The Hall–Kier alpha value is -0.910. The lowest BCUT2D eigenvalue weighted by atomic mass is 10.1. The molecule has 1 aromatic carbocycles. The van der Waals surface area contributed by atoms with Gasteiger partial charge < -0.3 is 10.6 Å². The lowest BCUT2D eigenvalue weighted by Gasteiger charge is -2.31. The highest BCUT2D eigenvalue weighted by molar-refractivity contribution is 9.10. The molecule has 1 fully saturated rings. The van der Waals surface area contributed by atoms with Gasteiger partial charge in [-0.1, -0.05) is 28.1 Å². The molecule has 1 aromatic rings. The van der Waals surface area contributed by atoms with E-state index in [1.165, 1.54) is 0 Å². The zero-order chi connectivity index (χ0) is 13.0. The molecular weight excluding hydrogens is 294 g/mol. The lowest BCUT2D eigenvalue weighted by Crippen LogP contribution is -2.56. The molecule has 2 rings (SSSR count). The minimum absolute atomic E-state index is 0.0640. The van der Waals surface area contributed by atoms with Crippen LogP contribution in [0.2, 0.25) is 0 Å². The number of piperazine rings is 1. The van der Waals surface area contributed by atoms with E-state index in [0.717, 1.165) is 29.7 Å². The summed E-state index contributed by atoms with van der Waals surface area (Å²) in [6.07, 6.45) is 0. The van der Waals surface area contributed by atoms with E-state index in [4.69, 9.17) is 0 Å². The van der Waals surface area contributed by atoms with Crippen molar-refractivity contribution in [3.8, 4) is 0 Å². The van der Waals surface area contributed by atoms with Gasteiger partial charge in [-0.2, -0.15) is 0 Å². The summed E-state index contributed by atoms with van der Waals surface area (Å²) in [5, 5.41) is 6.23. The zero-order valence-corrected chi connectivity index (χ0v) is 12.0. The normalized spacial score (nSPS) is 20.7. The topological polar surface area (TPSA) is 44.4 Å². The molecule has 0 saturated carbocycles. The molecule has 5 heteroatoms. The number of hydrogen-bond acceptors (Lipinski definition) is 3. The number of likely N-dealkylation sites (N-methyl/N-ethyl adjacent to an activating group) is 1. The van der Waals surface area contributed by atoms with Gasteiger partial charge in [0.1, 0.15) is 6.04 Å². The first kappa shape index (κ1) is 13.5. The minimum Gasteiger partial charge on any atom is -0.351 e. The first-order chi connectivity index (χ1) is 8.66. The summed E-state index contributed by atoms with van der Waals surface area (Å²) >= 11 is 3.42. The number of rotatable bonds is 3. The smallest absolute Gasteiger partial charge is 0.238 e. The molecule has 0 bridgehead atoms. The molecule has 0 spiro atoms. The third kappa shape index (κ3) is 3.54. The van der Waals surface area contributed by atoms with Crippen LogP contribution in [0.15, 0.2) is 28.7 Å². The highest BCUT2D eigenvalue weighted by Gasteiger charge is 2.25. The van der Waals surface area contributed by atoms with Gasteiger partial charge in [0.25, 0.3) is 0 Å². The highest BCUT2D eigenvalue weighted by atomic mass is 79.9. The molecule has 1 aliphatic rings. The second-order valence-corrected chi connectivity index (χ2v) is 5.46. The van der Waals surface area contributed by atoms with Gasteiger partial charge in [-0.3, -0.25) is 9.69 Å². The predicted octanol–water partition coefficient (Wildman–Crippen LogP) is 0.969. The summed E-state index contributed by atoms with van der Waals surface area (Å²) in [4.78, 5) is 14.2. The molecule has 1 atom stereocenters.